The maximum Gasteiger partial charge on any atom is 0.296 e. The first-order valence-corrected chi connectivity index (χ1v) is 25.0. The molecule has 0 amide bonds. The molecule has 0 saturated heterocycles. The molecule has 4 aromatic rings. The summed E-state index contributed by atoms with van der Waals surface area (Å²) < 4.78 is 153. The molecule has 4 rings (SSSR count). The standard InChI is InChI=1S/C28H29N5O23S7/c1-49-23-7-3-16(61(41,42)11-9-59(38)56-53-37)12-22(23)31-33-27-24(57-54-51-35)14-19-18(28(27)34)4-6-21(29-15-62(43,44)45)26(19)32-30-20-5-2-17(13-25(20)63(46,47)48)60(39,40)10-8-50-58-55-52-36/h2-7,12-14,29,34-37H,8-11,15H2,1H3,(H,43,44,45)(H,46,47,48). The third-order valence-corrected chi connectivity index (χ3v) is 14.4. The van der Waals surface area contributed by atoms with E-state index in [1.807, 2.05) is 0 Å². The molecule has 346 valence electrons. The van der Waals surface area contributed by atoms with Crippen LogP contribution in [0.2, 0.25) is 0 Å². The largest absolute Gasteiger partial charge is 0.505 e. The number of phenols is 1. The maximum atomic E-state index is 13.0. The van der Waals surface area contributed by atoms with Gasteiger partial charge in [0, 0.05) is 10.8 Å². The van der Waals surface area contributed by atoms with Gasteiger partial charge in [0.15, 0.2) is 48.8 Å². The van der Waals surface area contributed by atoms with Crippen LogP contribution in [0.3, 0.4) is 0 Å². The Morgan fingerprint density at radius 2 is 1.38 bits per heavy atom. The predicted molar refractivity (Wildman–Crippen MR) is 214 cm³/mol. The second-order valence-corrected chi connectivity index (χ2v) is 20.9. The van der Waals surface area contributed by atoms with Gasteiger partial charge in [0.25, 0.3) is 20.2 Å². The van der Waals surface area contributed by atoms with Crippen molar-refractivity contribution < 1.29 is 105 Å². The van der Waals surface area contributed by atoms with E-state index in [-0.39, 0.29) is 62.1 Å². The van der Waals surface area contributed by atoms with Crippen molar-refractivity contribution in [1.82, 2.24) is 0 Å². The minimum atomic E-state index is -5.26. The molecular weight excluding hydrogens is 999 g/mol. The second-order valence-electron chi connectivity index (χ2n) is 11.4. The first-order valence-electron chi connectivity index (χ1n) is 16.0. The minimum Gasteiger partial charge on any atom is -0.505 e. The van der Waals surface area contributed by atoms with E-state index >= 15 is 0 Å². The van der Waals surface area contributed by atoms with Crippen LogP contribution in [0.5, 0.6) is 11.5 Å². The van der Waals surface area contributed by atoms with Crippen LogP contribution in [0.15, 0.2) is 94.6 Å². The van der Waals surface area contributed by atoms with Gasteiger partial charge in [-0.2, -0.15) is 16.8 Å². The Kier molecular flexibility index (Phi) is 18.6. The summed E-state index contributed by atoms with van der Waals surface area (Å²) in [5.74, 6) is -4.05. The molecule has 7 N–H and O–H groups in total. The highest BCUT2D eigenvalue weighted by Gasteiger charge is 2.25. The van der Waals surface area contributed by atoms with E-state index in [0.29, 0.717) is 6.07 Å². The fourth-order valence-electron chi connectivity index (χ4n) is 4.85. The zero-order chi connectivity index (χ0) is 46.6. The van der Waals surface area contributed by atoms with Gasteiger partial charge in [-0.25, -0.2) is 36.8 Å². The van der Waals surface area contributed by atoms with Crippen molar-refractivity contribution in [1.29, 1.82) is 0 Å². The SMILES string of the molecule is COc1ccc(S(=O)(=O)CCS(=O)OOO)cc1N=Nc1c(SOOO)cc2c(N=Nc3ccc(S(=O)(=O)CCOSOOO)cc3S(=O)(=O)O)c(NCS(=O)(=O)O)ccc2c1O. The molecule has 0 spiro atoms. The van der Waals surface area contributed by atoms with Crippen LogP contribution >= 0.6 is 24.4 Å². The van der Waals surface area contributed by atoms with Crippen molar-refractivity contribution in [2.75, 3.05) is 42.2 Å². The van der Waals surface area contributed by atoms with E-state index in [1.54, 1.807) is 0 Å². The van der Waals surface area contributed by atoms with Crippen LogP contribution in [0, 0.1) is 0 Å². The summed E-state index contributed by atoms with van der Waals surface area (Å²) in [7, 11) is -17.3. The Labute approximate surface area is 365 Å². The number of benzene rings is 4. The Balaban J connectivity index is 1.88. The first-order chi connectivity index (χ1) is 29.6. The van der Waals surface area contributed by atoms with Gasteiger partial charge in [-0.05, 0) is 54.6 Å². The van der Waals surface area contributed by atoms with Crippen LogP contribution in [0.1, 0.15) is 0 Å². The van der Waals surface area contributed by atoms with Gasteiger partial charge in [-0.3, -0.25) is 13.3 Å². The number of phenolic OH excluding ortho intramolecular Hbond substituents is 1. The van der Waals surface area contributed by atoms with E-state index < -0.39 is 113 Å². The highest BCUT2D eigenvalue weighted by Crippen LogP contribution is 2.49. The summed E-state index contributed by atoms with van der Waals surface area (Å²) in [6, 6.07) is 9.08. The number of nitrogens with one attached hydrogen (secondary N) is 1. The summed E-state index contributed by atoms with van der Waals surface area (Å²) in [5.41, 5.74) is -2.04. The topological polar surface area (TPSA) is 410 Å². The smallest absolute Gasteiger partial charge is 0.296 e. The fourth-order valence-corrected chi connectivity index (χ4v) is 10.2. The number of azo groups is 2. The van der Waals surface area contributed by atoms with Crippen molar-refractivity contribution >= 4 is 115 Å². The van der Waals surface area contributed by atoms with E-state index in [0.717, 1.165) is 36.4 Å². The number of methoxy groups -OCH3 is 1. The quantitative estimate of drug-likeness (QED) is 0.0115. The Morgan fingerprint density at radius 3 is 2.03 bits per heavy atom. The molecule has 0 aliphatic carbocycles. The first kappa shape index (κ1) is 51.5. The number of hydrogen-bond acceptors (Lipinski definition) is 28. The molecule has 0 radical (unpaired) electrons. The average Bonchev–Trinajstić information content (AvgIpc) is 3.22. The molecular formula is C28H29N5O23S7. The molecule has 35 heteroatoms. The Bertz CT molecular complexity index is 2830. The lowest BCUT2D eigenvalue weighted by Crippen LogP contribution is -2.15. The van der Waals surface area contributed by atoms with Crippen LogP contribution in [0.4, 0.5) is 28.4 Å². The number of sulfone groups is 2. The van der Waals surface area contributed by atoms with E-state index in [9.17, 15) is 52.1 Å². The number of fused-ring (bicyclic) bond motifs is 1. The third-order valence-electron chi connectivity index (χ3n) is 7.56. The second kappa shape index (κ2) is 22.7. The molecule has 0 fully saturated rings. The summed E-state index contributed by atoms with van der Waals surface area (Å²) in [6.07, 6.45) is 0. The van der Waals surface area contributed by atoms with Crippen LogP contribution in [-0.4, -0.2) is 105 Å². The molecule has 63 heavy (non-hydrogen) atoms. The Hall–Kier alpha value is -4.09. The van der Waals surface area contributed by atoms with Gasteiger partial charge in [0.1, 0.15) is 39.3 Å². The van der Waals surface area contributed by atoms with Crippen molar-refractivity contribution in [3.8, 4) is 11.5 Å². The van der Waals surface area contributed by atoms with Crippen LogP contribution in [-0.2, 0) is 83.3 Å². The minimum absolute atomic E-state index is 0.0390. The predicted octanol–water partition coefficient (Wildman–Crippen LogP) is 4.95. The molecule has 1 unspecified atom stereocenters. The molecule has 4 aromatic carbocycles. The summed E-state index contributed by atoms with van der Waals surface area (Å²) in [6.45, 7) is -0.553. The lowest BCUT2D eigenvalue weighted by molar-refractivity contribution is -0.434. The number of ether oxygens (including phenoxy) is 1. The number of rotatable bonds is 25. The van der Waals surface area contributed by atoms with Gasteiger partial charge in [-0.15, -0.1) is 33.5 Å². The molecule has 0 aromatic heterocycles. The lowest BCUT2D eigenvalue weighted by atomic mass is 10.1. The summed E-state index contributed by atoms with van der Waals surface area (Å²) >= 11 is -2.07. The van der Waals surface area contributed by atoms with E-state index in [1.165, 1.54) is 19.2 Å². The molecule has 0 heterocycles. The van der Waals surface area contributed by atoms with Crippen molar-refractivity contribution in [2.24, 2.45) is 20.5 Å². The van der Waals surface area contributed by atoms with Crippen molar-refractivity contribution in [3.63, 3.8) is 0 Å². The van der Waals surface area contributed by atoms with Gasteiger partial charge in [-0.1, -0.05) is 15.1 Å². The summed E-state index contributed by atoms with van der Waals surface area (Å²) in [4.78, 5) is -2.35. The molecule has 28 nitrogen and oxygen atoms in total. The van der Waals surface area contributed by atoms with E-state index in [2.05, 4.69) is 53.9 Å². The molecule has 0 saturated carbocycles. The van der Waals surface area contributed by atoms with Gasteiger partial charge in [0.05, 0.1) is 63.4 Å². The van der Waals surface area contributed by atoms with Gasteiger partial charge < -0.3 is 15.2 Å². The highest BCUT2D eigenvalue weighted by atomic mass is 32.2. The monoisotopic (exact) mass is 1030 g/mol. The lowest BCUT2D eigenvalue weighted by Gasteiger charge is -2.14. The fraction of sp³-hybridized carbons (Fsp3) is 0.214. The van der Waals surface area contributed by atoms with E-state index in [4.69, 9.17) is 24.7 Å². The van der Waals surface area contributed by atoms with Crippen molar-refractivity contribution in [3.05, 3.63) is 54.6 Å². The zero-order valence-corrected chi connectivity index (χ0v) is 36.7. The normalized spacial score (nSPS) is 13.3. The maximum absolute atomic E-state index is 13.0. The molecule has 0 aliphatic rings. The number of anilines is 1. The number of aromatic hydroxyl groups is 1. The molecule has 0 aliphatic heterocycles. The third kappa shape index (κ3) is 14.5. The van der Waals surface area contributed by atoms with Gasteiger partial charge in [0.2, 0.25) is 0 Å². The average molecular weight is 1030 g/mol. The van der Waals surface area contributed by atoms with Gasteiger partial charge >= 0.3 is 0 Å². The number of hydrogen-bond donors (Lipinski definition) is 7. The van der Waals surface area contributed by atoms with Crippen LogP contribution in [0.25, 0.3) is 10.8 Å². The van der Waals surface area contributed by atoms with Crippen molar-refractivity contribution in [2.45, 2.75) is 19.6 Å². The molecule has 0 bridgehead atoms. The zero-order valence-electron chi connectivity index (χ0n) is 31.0. The molecule has 1 atom stereocenters. The Morgan fingerprint density at radius 1 is 0.730 bits per heavy atom. The van der Waals surface area contributed by atoms with Crippen LogP contribution < -0.4 is 10.1 Å². The number of nitrogens with zero attached hydrogens (tertiary/aromatic N) is 4. The summed E-state index contributed by atoms with van der Waals surface area (Å²) in [5, 5.41) is 65.0. The highest BCUT2D eigenvalue weighted by molar-refractivity contribution is 7.94.